The van der Waals surface area contributed by atoms with Gasteiger partial charge in [-0.3, -0.25) is 4.79 Å². The van der Waals surface area contributed by atoms with Crippen LogP contribution >= 0.6 is 11.6 Å². The molecule has 4 rings (SSSR count). The standard InChI is InChI=1S/C22H25ClN2O3S/c23-19-6-4-5-18(15-19)22(11-12-22)21(26)24-16-17-7-9-20(10-8-17)29(27,28)25-13-2-1-3-14-25/h4-10,15H,1-3,11-14,16H2,(H,24,26). The number of sulfonamides is 1. The van der Waals surface area contributed by atoms with E-state index >= 15 is 0 Å². The first-order valence-electron chi connectivity index (χ1n) is 10.1. The maximum Gasteiger partial charge on any atom is 0.243 e. The summed E-state index contributed by atoms with van der Waals surface area (Å²) in [5.41, 5.74) is 1.34. The number of benzene rings is 2. The fourth-order valence-electron chi connectivity index (χ4n) is 3.94. The van der Waals surface area contributed by atoms with Crippen LogP contribution in [0.2, 0.25) is 5.02 Å². The van der Waals surface area contributed by atoms with Crippen molar-refractivity contribution in [1.29, 1.82) is 0 Å². The maximum absolute atomic E-state index is 12.8. The lowest BCUT2D eigenvalue weighted by Crippen LogP contribution is -2.35. The topological polar surface area (TPSA) is 66.5 Å². The van der Waals surface area contributed by atoms with Crippen LogP contribution in [0.3, 0.4) is 0 Å². The Morgan fingerprint density at radius 1 is 1.03 bits per heavy atom. The molecule has 2 fully saturated rings. The Hall–Kier alpha value is -1.89. The number of nitrogens with zero attached hydrogens (tertiary/aromatic N) is 1. The van der Waals surface area contributed by atoms with Crippen molar-refractivity contribution in [2.24, 2.45) is 0 Å². The number of amides is 1. The number of hydrogen-bond donors (Lipinski definition) is 1. The van der Waals surface area contributed by atoms with Crippen molar-refractivity contribution in [3.8, 4) is 0 Å². The molecule has 0 aromatic heterocycles. The lowest BCUT2D eigenvalue weighted by atomic mass is 9.95. The van der Waals surface area contributed by atoms with Gasteiger partial charge in [-0.1, -0.05) is 42.3 Å². The van der Waals surface area contributed by atoms with Gasteiger partial charge in [0.1, 0.15) is 0 Å². The molecule has 5 nitrogen and oxygen atoms in total. The molecule has 0 spiro atoms. The highest BCUT2D eigenvalue weighted by Gasteiger charge is 2.51. The van der Waals surface area contributed by atoms with E-state index < -0.39 is 15.4 Å². The number of carbonyl (C=O) groups excluding carboxylic acids is 1. The van der Waals surface area contributed by atoms with Crippen LogP contribution in [-0.4, -0.2) is 31.7 Å². The number of hydrogen-bond acceptors (Lipinski definition) is 3. The number of piperidine rings is 1. The molecule has 1 saturated carbocycles. The molecule has 0 bridgehead atoms. The predicted molar refractivity (Wildman–Crippen MR) is 113 cm³/mol. The monoisotopic (exact) mass is 432 g/mol. The average molecular weight is 433 g/mol. The largest absolute Gasteiger partial charge is 0.351 e. The Balaban J connectivity index is 1.40. The number of rotatable bonds is 6. The van der Waals surface area contributed by atoms with E-state index in [4.69, 9.17) is 11.6 Å². The van der Waals surface area contributed by atoms with E-state index in [2.05, 4.69) is 5.32 Å². The van der Waals surface area contributed by atoms with Crippen molar-refractivity contribution in [3.63, 3.8) is 0 Å². The molecule has 2 aliphatic rings. The van der Waals surface area contributed by atoms with E-state index in [0.29, 0.717) is 29.6 Å². The number of nitrogens with one attached hydrogen (secondary N) is 1. The average Bonchev–Trinajstić information content (AvgIpc) is 3.55. The predicted octanol–water partition coefficient (Wildman–Crippen LogP) is 3.86. The Labute approximate surface area is 177 Å². The molecule has 1 aliphatic heterocycles. The molecule has 29 heavy (non-hydrogen) atoms. The fraction of sp³-hybridized carbons (Fsp3) is 0.409. The summed E-state index contributed by atoms with van der Waals surface area (Å²) >= 11 is 6.08. The molecule has 1 saturated heterocycles. The Morgan fingerprint density at radius 2 is 1.72 bits per heavy atom. The molecule has 1 heterocycles. The van der Waals surface area contributed by atoms with Gasteiger partial charge in [0.25, 0.3) is 0 Å². The molecule has 2 aromatic carbocycles. The molecule has 1 amide bonds. The fourth-order valence-corrected chi connectivity index (χ4v) is 5.65. The van der Waals surface area contributed by atoms with Crippen molar-refractivity contribution in [2.75, 3.05) is 13.1 Å². The van der Waals surface area contributed by atoms with Gasteiger partial charge in [0.2, 0.25) is 15.9 Å². The van der Waals surface area contributed by atoms with Crippen LogP contribution in [-0.2, 0) is 26.8 Å². The van der Waals surface area contributed by atoms with Crippen LogP contribution in [0.15, 0.2) is 53.4 Å². The van der Waals surface area contributed by atoms with Crippen molar-refractivity contribution < 1.29 is 13.2 Å². The van der Waals surface area contributed by atoms with Crippen molar-refractivity contribution in [2.45, 2.75) is 49.0 Å². The minimum absolute atomic E-state index is 0.00946. The van der Waals surface area contributed by atoms with Gasteiger partial charge in [0, 0.05) is 24.7 Å². The van der Waals surface area contributed by atoms with Gasteiger partial charge in [-0.25, -0.2) is 8.42 Å². The van der Waals surface area contributed by atoms with E-state index in [1.807, 2.05) is 18.2 Å². The zero-order chi connectivity index (χ0) is 20.5. The van der Waals surface area contributed by atoms with Crippen LogP contribution in [0.5, 0.6) is 0 Å². The van der Waals surface area contributed by atoms with E-state index in [-0.39, 0.29) is 5.91 Å². The molecule has 7 heteroatoms. The molecule has 154 valence electrons. The maximum atomic E-state index is 12.8. The van der Waals surface area contributed by atoms with Gasteiger partial charge in [-0.05, 0) is 61.1 Å². The van der Waals surface area contributed by atoms with Gasteiger partial charge < -0.3 is 5.32 Å². The third kappa shape index (κ3) is 4.20. The molecular weight excluding hydrogens is 408 g/mol. The molecule has 1 aliphatic carbocycles. The van der Waals surface area contributed by atoms with Crippen LogP contribution in [0.1, 0.15) is 43.2 Å². The number of halogens is 1. The lowest BCUT2D eigenvalue weighted by molar-refractivity contribution is -0.123. The smallest absolute Gasteiger partial charge is 0.243 e. The Kier molecular flexibility index (Phi) is 5.69. The second kappa shape index (κ2) is 8.09. The molecule has 1 N–H and O–H groups in total. The quantitative estimate of drug-likeness (QED) is 0.753. The summed E-state index contributed by atoms with van der Waals surface area (Å²) in [4.78, 5) is 13.1. The third-order valence-electron chi connectivity index (χ3n) is 5.89. The summed E-state index contributed by atoms with van der Waals surface area (Å²) < 4.78 is 27.0. The Morgan fingerprint density at radius 3 is 2.34 bits per heavy atom. The third-order valence-corrected chi connectivity index (χ3v) is 8.04. The minimum atomic E-state index is -3.43. The zero-order valence-electron chi connectivity index (χ0n) is 16.2. The first-order valence-corrected chi connectivity index (χ1v) is 11.9. The molecule has 0 unspecified atom stereocenters. The van der Waals surface area contributed by atoms with E-state index in [0.717, 1.165) is 43.2 Å². The second-order valence-corrected chi connectivity index (χ2v) is 10.3. The summed E-state index contributed by atoms with van der Waals surface area (Å²) in [5.74, 6) is -0.00946. The van der Waals surface area contributed by atoms with Crippen LogP contribution in [0, 0.1) is 0 Å². The molecule has 0 atom stereocenters. The van der Waals surface area contributed by atoms with E-state index in [9.17, 15) is 13.2 Å². The highest BCUT2D eigenvalue weighted by Crippen LogP contribution is 2.48. The van der Waals surface area contributed by atoms with Gasteiger partial charge >= 0.3 is 0 Å². The van der Waals surface area contributed by atoms with Crippen molar-refractivity contribution >= 4 is 27.5 Å². The van der Waals surface area contributed by atoms with Gasteiger partial charge in [-0.2, -0.15) is 4.31 Å². The first-order chi connectivity index (χ1) is 13.9. The molecular formula is C22H25ClN2O3S. The van der Waals surface area contributed by atoms with Crippen molar-refractivity contribution in [1.82, 2.24) is 9.62 Å². The molecule has 0 radical (unpaired) electrons. The number of carbonyl (C=O) groups is 1. The summed E-state index contributed by atoms with van der Waals surface area (Å²) in [6.45, 7) is 1.54. The van der Waals surface area contributed by atoms with Gasteiger partial charge in [0.15, 0.2) is 0 Å². The molecule has 2 aromatic rings. The van der Waals surface area contributed by atoms with E-state index in [1.54, 1.807) is 34.6 Å². The summed E-state index contributed by atoms with van der Waals surface area (Å²) in [7, 11) is -3.43. The van der Waals surface area contributed by atoms with Crippen LogP contribution in [0.25, 0.3) is 0 Å². The minimum Gasteiger partial charge on any atom is -0.351 e. The highest BCUT2D eigenvalue weighted by molar-refractivity contribution is 7.89. The summed E-state index contributed by atoms with van der Waals surface area (Å²) in [5, 5.41) is 3.63. The van der Waals surface area contributed by atoms with Crippen molar-refractivity contribution in [3.05, 3.63) is 64.7 Å². The SMILES string of the molecule is O=C(NCc1ccc(S(=O)(=O)N2CCCCC2)cc1)C1(c2cccc(Cl)c2)CC1. The van der Waals surface area contributed by atoms with Crippen LogP contribution in [0.4, 0.5) is 0 Å². The van der Waals surface area contributed by atoms with Crippen LogP contribution < -0.4 is 5.32 Å². The Bertz CT molecular complexity index is 995. The first kappa shape index (κ1) is 20.4. The normalized spacial score (nSPS) is 18.9. The second-order valence-electron chi connectivity index (χ2n) is 7.88. The summed E-state index contributed by atoms with van der Waals surface area (Å²) in [6, 6.07) is 14.3. The van der Waals surface area contributed by atoms with Gasteiger partial charge in [-0.15, -0.1) is 0 Å². The van der Waals surface area contributed by atoms with E-state index in [1.165, 1.54) is 0 Å². The lowest BCUT2D eigenvalue weighted by Gasteiger charge is -2.25. The highest BCUT2D eigenvalue weighted by atomic mass is 35.5. The van der Waals surface area contributed by atoms with Gasteiger partial charge in [0.05, 0.1) is 10.3 Å². The summed E-state index contributed by atoms with van der Waals surface area (Å²) in [6.07, 6.45) is 4.54. The zero-order valence-corrected chi connectivity index (χ0v) is 17.8.